The number of ether oxygens (including phenoxy) is 1. The molecule has 0 bridgehead atoms. The van der Waals surface area contributed by atoms with Gasteiger partial charge in [-0.05, 0) is 12.1 Å². The fourth-order valence-electron chi connectivity index (χ4n) is 1.62. The summed E-state index contributed by atoms with van der Waals surface area (Å²) in [4.78, 5) is 3.81. The largest absolute Gasteiger partial charge is 0.361 e. The Morgan fingerprint density at radius 3 is 3.06 bits per heavy atom. The molecule has 0 aromatic carbocycles. The average Bonchev–Trinajstić information content (AvgIpc) is 2.39. The summed E-state index contributed by atoms with van der Waals surface area (Å²) in [7, 11) is -3.65. The van der Waals surface area contributed by atoms with Crippen molar-refractivity contribution in [2.75, 3.05) is 19.7 Å². The van der Waals surface area contributed by atoms with Crippen molar-refractivity contribution in [2.45, 2.75) is 11.0 Å². The van der Waals surface area contributed by atoms with Crippen molar-refractivity contribution in [1.82, 2.24) is 9.29 Å². The van der Waals surface area contributed by atoms with Crippen LogP contribution in [-0.2, 0) is 14.8 Å². The first-order valence-electron chi connectivity index (χ1n) is 5.17. The first-order valence-corrected chi connectivity index (χ1v) is 6.99. The number of halogens is 1. The van der Waals surface area contributed by atoms with Crippen LogP contribution in [0.25, 0.3) is 0 Å². The Bertz CT molecular complexity index is 584. The fraction of sp³-hybridized carbons (Fsp3) is 0.400. The molecule has 1 aliphatic rings. The second kappa shape index (κ2) is 5.20. The summed E-state index contributed by atoms with van der Waals surface area (Å²) in [5.74, 6) is 0. The second-order valence-corrected chi connectivity index (χ2v) is 5.99. The molecule has 1 aromatic heterocycles. The summed E-state index contributed by atoms with van der Waals surface area (Å²) in [5, 5.41) is 8.87. The number of morpholine rings is 1. The molecule has 0 aliphatic carbocycles. The van der Waals surface area contributed by atoms with Crippen molar-refractivity contribution in [2.24, 2.45) is 0 Å². The molecule has 0 radical (unpaired) electrons. The minimum Gasteiger partial charge on any atom is -0.361 e. The van der Waals surface area contributed by atoms with Gasteiger partial charge in [0, 0.05) is 12.7 Å². The van der Waals surface area contributed by atoms with Gasteiger partial charge in [0.05, 0.1) is 24.1 Å². The van der Waals surface area contributed by atoms with Crippen LogP contribution >= 0.6 is 11.6 Å². The molecule has 0 saturated carbocycles. The lowest BCUT2D eigenvalue weighted by Crippen LogP contribution is -2.45. The van der Waals surface area contributed by atoms with E-state index < -0.39 is 16.1 Å². The van der Waals surface area contributed by atoms with Gasteiger partial charge in [-0.25, -0.2) is 13.4 Å². The molecule has 2 heterocycles. The van der Waals surface area contributed by atoms with E-state index in [0.29, 0.717) is 0 Å². The summed E-state index contributed by atoms with van der Waals surface area (Å²) in [6, 6.07) is 4.56. The van der Waals surface area contributed by atoms with E-state index in [1.54, 1.807) is 0 Å². The molecule has 1 atom stereocenters. The molecule has 1 aromatic rings. The zero-order valence-electron chi connectivity index (χ0n) is 9.28. The molecule has 6 nitrogen and oxygen atoms in total. The lowest BCUT2D eigenvalue weighted by atomic mass is 10.3. The van der Waals surface area contributed by atoms with Crippen LogP contribution in [0.4, 0.5) is 0 Å². The molecule has 1 fully saturated rings. The van der Waals surface area contributed by atoms with Crippen LogP contribution in [0.1, 0.15) is 0 Å². The van der Waals surface area contributed by atoms with Gasteiger partial charge in [-0.1, -0.05) is 11.6 Å². The maximum Gasteiger partial charge on any atom is 0.243 e. The van der Waals surface area contributed by atoms with E-state index in [0.717, 1.165) is 0 Å². The Labute approximate surface area is 110 Å². The van der Waals surface area contributed by atoms with Crippen LogP contribution in [0.15, 0.2) is 23.2 Å². The lowest BCUT2D eigenvalue weighted by molar-refractivity contribution is 0.0311. The first kappa shape index (κ1) is 13.2. The van der Waals surface area contributed by atoms with Crippen LogP contribution in [0.5, 0.6) is 0 Å². The van der Waals surface area contributed by atoms with Gasteiger partial charge < -0.3 is 4.74 Å². The fourth-order valence-corrected chi connectivity index (χ4v) is 3.29. The van der Waals surface area contributed by atoms with Crippen molar-refractivity contribution in [3.8, 4) is 6.07 Å². The highest BCUT2D eigenvalue weighted by molar-refractivity contribution is 7.89. The molecule has 0 N–H and O–H groups in total. The summed E-state index contributed by atoms with van der Waals surface area (Å²) in [5.41, 5.74) is 0. The third kappa shape index (κ3) is 2.62. The van der Waals surface area contributed by atoms with E-state index >= 15 is 0 Å². The monoisotopic (exact) mass is 287 g/mol. The number of aromatic nitrogens is 1. The first-order chi connectivity index (χ1) is 8.54. The maximum atomic E-state index is 12.3. The number of rotatable bonds is 2. The Hall–Kier alpha value is -1.20. The normalized spacial score (nSPS) is 21.4. The molecule has 1 unspecified atom stereocenters. The topological polar surface area (TPSA) is 83.3 Å². The van der Waals surface area contributed by atoms with E-state index in [1.165, 1.54) is 22.6 Å². The molecule has 2 rings (SSSR count). The zero-order valence-corrected chi connectivity index (χ0v) is 10.9. The Kier molecular flexibility index (Phi) is 3.82. The van der Waals surface area contributed by atoms with Gasteiger partial charge in [0.15, 0.2) is 6.10 Å². The lowest BCUT2D eigenvalue weighted by Gasteiger charge is -2.28. The minimum atomic E-state index is -3.65. The summed E-state index contributed by atoms with van der Waals surface area (Å²) >= 11 is 5.67. The molecule has 0 spiro atoms. The van der Waals surface area contributed by atoms with Gasteiger partial charge in [0.2, 0.25) is 10.0 Å². The quantitative estimate of drug-likeness (QED) is 0.746. The van der Waals surface area contributed by atoms with Crippen molar-refractivity contribution in [3.05, 3.63) is 23.5 Å². The van der Waals surface area contributed by atoms with Crippen molar-refractivity contribution in [3.63, 3.8) is 0 Å². The van der Waals surface area contributed by atoms with E-state index in [-0.39, 0.29) is 29.7 Å². The Morgan fingerprint density at radius 1 is 1.61 bits per heavy atom. The molecule has 96 valence electrons. The van der Waals surface area contributed by atoms with Gasteiger partial charge >= 0.3 is 0 Å². The molecule has 8 heteroatoms. The van der Waals surface area contributed by atoms with Gasteiger partial charge in [-0.2, -0.15) is 9.57 Å². The number of pyridine rings is 1. The molecule has 18 heavy (non-hydrogen) atoms. The number of nitriles is 1. The zero-order chi connectivity index (χ0) is 13.2. The summed E-state index contributed by atoms with van der Waals surface area (Å²) in [6.45, 7) is 0.454. The summed E-state index contributed by atoms with van der Waals surface area (Å²) in [6.07, 6.45) is 0.600. The maximum absolute atomic E-state index is 12.3. The summed E-state index contributed by atoms with van der Waals surface area (Å²) < 4.78 is 30.9. The minimum absolute atomic E-state index is 0.0266. The second-order valence-electron chi connectivity index (χ2n) is 3.67. The predicted molar refractivity (Wildman–Crippen MR) is 63.4 cm³/mol. The highest BCUT2D eigenvalue weighted by atomic mass is 35.5. The van der Waals surface area contributed by atoms with Gasteiger partial charge in [0.25, 0.3) is 0 Å². The van der Waals surface area contributed by atoms with Crippen molar-refractivity contribution in [1.29, 1.82) is 5.26 Å². The van der Waals surface area contributed by atoms with E-state index in [9.17, 15) is 8.42 Å². The predicted octanol–water partition coefficient (Wildman–Crippen LogP) is 0.648. The van der Waals surface area contributed by atoms with Crippen molar-refractivity contribution < 1.29 is 13.2 Å². The standard InChI is InChI=1S/C10H10ClN3O3S/c11-10-5-9(1-2-13-10)18(15,16)14-3-4-17-8(6-12)7-14/h1-2,5,8H,3-4,7H2. The number of hydrogen-bond donors (Lipinski definition) is 0. The van der Waals surface area contributed by atoms with Crippen LogP contribution in [-0.4, -0.2) is 43.5 Å². The van der Waals surface area contributed by atoms with Gasteiger partial charge in [-0.15, -0.1) is 0 Å². The van der Waals surface area contributed by atoms with Crippen LogP contribution in [0, 0.1) is 11.3 Å². The highest BCUT2D eigenvalue weighted by Gasteiger charge is 2.30. The molecular weight excluding hydrogens is 278 g/mol. The third-order valence-corrected chi connectivity index (χ3v) is 4.58. The third-order valence-electron chi connectivity index (χ3n) is 2.51. The van der Waals surface area contributed by atoms with Gasteiger partial charge in [-0.3, -0.25) is 0 Å². The number of hydrogen-bond acceptors (Lipinski definition) is 5. The molecular formula is C10H10ClN3O3S. The van der Waals surface area contributed by atoms with E-state index in [4.69, 9.17) is 21.6 Å². The number of nitrogens with zero attached hydrogens (tertiary/aromatic N) is 3. The average molecular weight is 288 g/mol. The molecule has 0 amide bonds. The highest BCUT2D eigenvalue weighted by Crippen LogP contribution is 2.20. The van der Waals surface area contributed by atoms with Gasteiger partial charge in [0.1, 0.15) is 5.15 Å². The van der Waals surface area contributed by atoms with Crippen LogP contribution < -0.4 is 0 Å². The Balaban J connectivity index is 2.29. The van der Waals surface area contributed by atoms with Crippen molar-refractivity contribution >= 4 is 21.6 Å². The molecule has 1 saturated heterocycles. The smallest absolute Gasteiger partial charge is 0.243 e. The van der Waals surface area contributed by atoms with E-state index in [2.05, 4.69) is 4.98 Å². The van der Waals surface area contributed by atoms with Crippen LogP contribution in [0.3, 0.4) is 0 Å². The SMILES string of the molecule is N#CC1CN(S(=O)(=O)c2ccnc(Cl)c2)CCO1. The number of sulfonamides is 1. The van der Waals surface area contributed by atoms with Crippen LogP contribution in [0.2, 0.25) is 5.15 Å². The Morgan fingerprint density at radius 2 is 2.39 bits per heavy atom. The van der Waals surface area contributed by atoms with E-state index in [1.807, 2.05) is 6.07 Å². The molecule has 1 aliphatic heterocycles.